The second-order valence-electron chi connectivity index (χ2n) is 6.04. The molecule has 0 amide bonds. The van der Waals surface area contributed by atoms with Crippen molar-refractivity contribution in [3.05, 3.63) is 46.0 Å². The quantitative estimate of drug-likeness (QED) is 0.826. The molecule has 0 spiro atoms. The average molecular weight is 365 g/mol. The average Bonchev–Trinajstić information content (AvgIpc) is 3.41. The number of hydrogen-bond donors (Lipinski definition) is 2. The van der Waals surface area contributed by atoms with E-state index in [1.54, 1.807) is 26.1 Å². The first-order valence-electron chi connectivity index (χ1n) is 7.89. The summed E-state index contributed by atoms with van der Waals surface area (Å²) in [7, 11) is 1.69. The molecular formula is C17H20FN3O3S. The molecule has 1 aliphatic carbocycles. The largest absolute Gasteiger partial charge is 0.494 e. The minimum atomic E-state index is -1.29. The van der Waals surface area contributed by atoms with Crippen molar-refractivity contribution in [1.82, 2.24) is 4.57 Å². The fraction of sp³-hybridized carbons (Fsp3) is 0.353. The highest BCUT2D eigenvalue weighted by molar-refractivity contribution is 7.87. The summed E-state index contributed by atoms with van der Waals surface area (Å²) in [6.45, 7) is 1.79. The first-order valence-corrected chi connectivity index (χ1v) is 9.10. The number of rotatable bonds is 6. The van der Waals surface area contributed by atoms with Crippen molar-refractivity contribution in [2.75, 3.05) is 17.1 Å². The van der Waals surface area contributed by atoms with Crippen molar-refractivity contribution >= 4 is 28.2 Å². The molecule has 1 aromatic heterocycles. The number of methoxy groups -OCH3 is 1. The van der Waals surface area contributed by atoms with Crippen LogP contribution in [0, 0.1) is 12.7 Å². The lowest BCUT2D eigenvalue weighted by Crippen LogP contribution is -2.22. The maximum absolute atomic E-state index is 14.2. The van der Waals surface area contributed by atoms with Gasteiger partial charge in [0.2, 0.25) is 0 Å². The van der Waals surface area contributed by atoms with E-state index in [9.17, 15) is 13.4 Å². The van der Waals surface area contributed by atoms with Crippen LogP contribution in [-0.2, 0) is 18.0 Å². The molecule has 0 bridgehead atoms. The molecule has 1 heterocycles. The molecule has 1 unspecified atom stereocenters. The van der Waals surface area contributed by atoms with Gasteiger partial charge in [0.25, 0.3) is 5.56 Å². The fourth-order valence-corrected chi connectivity index (χ4v) is 3.53. The number of halogens is 1. The molecular weight excluding hydrogens is 345 g/mol. The zero-order valence-corrected chi connectivity index (χ0v) is 15.1. The molecule has 25 heavy (non-hydrogen) atoms. The van der Waals surface area contributed by atoms with Gasteiger partial charge < -0.3 is 10.1 Å². The summed E-state index contributed by atoms with van der Waals surface area (Å²) in [4.78, 5) is 12.2. The van der Waals surface area contributed by atoms with Gasteiger partial charge in [0.05, 0.1) is 18.0 Å². The van der Waals surface area contributed by atoms with E-state index in [4.69, 9.17) is 4.74 Å². The molecule has 1 saturated carbocycles. The van der Waals surface area contributed by atoms with E-state index in [-0.39, 0.29) is 22.2 Å². The maximum atomic E-state index is 14.2. The summed E-state index contributed by atoms with van der Waals surface area (Å²) in [5.74, 6) is 0.109. The lowest BCUT2D eigenvalue weighted by atomic mass is 10.2. The molecule has 2 aromatic rings. The topological polar surface area (TPSA) is 72.4 Å². The predicted molar refractivity (Wildman–Crippen MR) is 97.4 cm³/mol. The zero-order valence-electron chi connectivity index (χ0n) is 14.3. The Kier molecular flexibility index (Phi) is 4.80. The fourth-order valence-electron chi connectivity index (χ4n) is 2.40. The lowest BCUT2D eigenvalue weighted by Gasteiger charge is -2.19. The van der Waals surface area contributed by atoms with Crippen LogP contribution in [0.2, 0.25) is 0 Å². The van der Waals surface area contributed by atoms with Gasteiger partial charge in [0, 0.05) is 13.1 Å². The maximum Gasteiger partial charge on any atom is 0.255 e. The molecule has 1 aromatic carbocycles. The van der Waals surface area contributed by atoms with E-state index in [0.717, 1.165) is 18.4 Å². The van der Waals surface area contributed by atoms with Crippen molar-refractivity contribution in [3.8, 4) is 5.75 Å². The highest BCUT2D eigenvalue weighted by atomic mass is 32.2. The number of nitrogens with one attached hydrogen (secondary N) is 2. The van der Waals surface area contributed by atoms with Crippen LogP contribution in [0.1, 0.15) is 18.4 Å². The number of anilines is 3. The molecule has 134 valence electrons. The van der Waals surface area contributed by atoms with Crippen LogP contribution < -0.4 is 20.3 Å². The summed E-state index contributed by atoms with van der Waals surface area (Å²) in [6, 6.07) is 6.06. The number of ether oxygens (including phenoxy) is 1. The smallest absolute Gasteiger partial charge is 0.255 e. The van der Waals surface area contributed by atoms with Gasteiger partial charge in [-0.25, -0.2) is 8.60 Å². The highest BCUT2D eigenvalue weighted by Gasteiger charge is 2.30. The Labute approximate surface area is 147 Å². The number of benzene rings is 1. The van der Waals surface area contributed by atoms with Gasteiger partial charge >= 0.3 is 0 Å². The third-order valence-corrected chi connectivity index (χ3v) is 5.51. The molecule has 3 rings (SSSR count). The monoisotopic (exact) mass is 365 g/mol. The van der Waals surface area contributed by atoms with Gasteiger partial charge in [-0.05, 0) is 37.5 Å². The van der Waals surface area contributed by atoms with Gasteiger partial charge in [-0.3, -0.25) is 14.1 Å². The van der Waals surface area contributed by atoms with Crippen LogP contribution in [0.25, 0.3) is 0 Å². The number of aromatic nitrogens is 1. The number of nitrogens with zero attached hydrogens (tertiary/aromatic N) is 1. The van der Waals surface area contributed by atoms with Gasteiger partial charge in [0.15, 0.2) is 5.75 Å². The van der Waals surface area contributed by atoms with E-state index >= 15 is 0 Å². The lowest BCUT2D eigenvalue weighted by molar-refractivity contribution is 0.415. The van der Waals surface area contributed by atoms with Crippen LogP contribution in [0.3, 0.4) is 0 Å². The molecule has 8 heteroatoms. The Hall–Kier alpha value is -2.35. The Balaban J connectivity index is 2.07. The first-order chi connectivity index (χ1) is 11.9. The Morgan fingerprint density at radius 1 is 1.32 bits per heavy atom. The standard InChI is InChI=1S/C17H20FN3O3S/c1-10-4-7-13(12(18)8-10)19-17-16(20-25(23)11-5-6-11)14(24-3)9-15(22)21(17)2/h4,7-9,11,19-20H,5-6H2,1-3H3. The first kappa shape index (κ1) is 17.5. The van der Waals surface area contributed by atoms with Gasteiger partial charge in [0.1, 0.15) is 28.3 Å². The van der Waals surface area contributed by atoms with Gasteiger partial charge in [-0.2, -0.15) is 0 Å². The zero-order chi connectivity index (χ0) is 18.1. The van der Waals surface area contributed by atoms with Gasteiger partial charge in [-0.15, -0.1) is 0 Å². The Morgan fingerprint density at radius 2 is 2.04 bits per heavy atom. The number of hydrogen-bond acceptors (Lipinski definition) is 4. The summed E-state index contributed by atoms with van der Waals surface area (Å²) in [5.41, 5.74) is 1.05. The van der Waals surface area contributed by atoms with Crippen LogP contribution in [0.5, 0.6) is 5.75 Å². The van der Waals surface area contributed by atoms with Crippen molar-refractivity contribution in [2.24, 2.45) is 7.05 Å². The number of aryl methyl sites for hydroxylation is 1. The minimum Gasteiger partial charge on any atom is -0.494 e. The van der Waals surface area contributed by atoms with Crippen LogP contribution in [0.4, 0.5) is 21.6 Å². The van der Waals surface area contributed by atoms with E-state index in [2.05, 4.69) is 10.0 Å². The van der Waals surface area contributed by atoms with E-state index in [1.165, 1.54) is 23.8 Å². The summed E-state index contributed by atoms with van der Waals surface area (Å²) < 4.78 is 36.0. The van der Waals surface area contributed by atoms with Crippen LogP contribution in [0.15, 0.2) is 29.1 Å². The molecule has 2 N–H and O–H groups in total. The van der Waals surface area contributed by atoms with Crippen molar-refractivity contribution < 1.29 is 13.3 Å². The highest BCUT2D eigenvalue weighted by Crippen LogP contribution is 2.36. The molecule has 6 nitrogen and oxygen atoms in total. The molecule has 0 radical (unpaired) electrons. The molecule has 0 saturated heterocycles. The third-order valence-electron chi connectivity index (χ3n) is 4.03. The van der Waals surface area contributed by atoms with Crippen molar-refractivity contribution in [3.63, 3.8) is 0 Å². The van der Waals surface area contributed by atoms with Crippen LogP contribution >= 0.6 is 0 Å². The molecule has 1 atom stereocenters. The van der Waals surface area contributed by atoms with Crippen LogP contribution in [-0.4, -0.2) is 21.1 Å². The third kappa shape index (κ3) is 3.68. The summed E-state index contributed by atoms with van der Waals surface area (Å²) in [5, 5.41) is 3.02. The van der Waals surface area contributed by atoms with E-state index in [0.29, 0.717) is 11.5 Å². The Bertz CT molecular complexity index is 893. The van der Waals surface area contributed by atoms with Gasteiger partial charge in [-0.1, -0.05) is 6.07 Å². The summed E-state index contributed by atoms with van der Waals surface area (Å²) in [6.07, 6.45) is 1.78. The number of pyridine rings is 1. The second kappa shape index (κ2) is 6.87. The normalized spacial score (nSPS) is 14.9. The van der Waals surface area contributed by atoms with Crippen molar-refractivity contribution in [2.45, 2.75) is 25.0 Å². The molecule has 0 aliphatic heterocycles. The SMILES string of the molecule is COc1cc(=O)n(C)c(Nc2ccc(C)cc2F)c1NS(=O)C1CC1. The second-order valence-corrected chi connectivity index (χ2v) is 7.51. The molecule has 1 fully saturated rings. The predicted octanol–water partition coefficient (Wildman–Crippen LogP) is 2.82. The molecule has 1 aliphatic rings. The minimum absolute atomic E-state index is 0.0888. The summed E-state index contributed by atoms with van der Waals surface area (Å²) >= 11 is 0. The van der Waals surface area contributed by atoms with Crippen molar-refractivity contribution in [1.29, 1.82) is 0 Å². The Morgan fingerprint density at radius 3 is 2.64 bits per heavy atom. The van der Waals surface area contributed by atoms with E-state index in [1.807, 2.05) is 0 Å². The van der Waals surface area contributed by atoms with E-state index < -0.39 is 16.8 Å².